The SMILES string of the molecule is CN=C(NCCS(=O)(=O)N1CCSCC1)N1CCN(c2ccccc2Cl)CC1. The standard InChI is InChI=1S/C18H28ClN5O2S2/c1-20-18(21-6-15-28(25,26)24-11-13-27-14-12-24)23-9-7-22(8-10-23)17-5-3-2-4-16(17)19/h2-5H,6-15H2,1H3,(H,20,21). The van der Waals surface area contributed by atoms with Crippen LogP contribution in [0.2, 0.25) is 5.02 Å². The highest BCUT2D eigenvalue weighted by molar-refractivity contribution is 7.99. The van der Waals surface area contributed by atoms with Gasteiger partial charge in [-0.25, -0.2) is 12.7 Å². The topological polar surface area (TPSA) is 68.2 Å². The van der Waals surface area contributed by atoms with Crippen molar-refractivity contribution in [2.24, 2.45) is 4.99 Å². The summed E-state index contributed by atoms with van der Waals surface area (Å²) in [5.74, 6) is 2.60. The smallest absolute Gasteiger partial charge is 0.215 e. The van der Waals surface area contributed by atoms with Crippen LogP contribution in [0.5, 0.6) is 0 Å². The number of aliphatic imine (C=N–C) groups is 1. The van der Waals surface area contributed by atoms with Crippen LogP contribution < -0.4 is 10.2 Å². The Labute approximate surface area is 177 Å². The van der Waals surface area contributed by atoms with Crippen molar-refractivity contribution in [3.63, 3.8) is 0 Å². The molecule has 0 aromatic heterocycles. The van der Waals surface area contributed by atoms with Crippen molar-refractivity contribution in [3.8, 4) is 0 Å². The Hall–Kier alpha value is -1.16. The van der Waals surface area contributed by atoms with Gasteiger partial charge in [-0.15, -0.1) is 0 Å². The number of guanidine groups is 1. The van der Waals surface area contributed by atoms with Gasteiger partial charge in [0.15, 0.2) is 5.96 Å². The number of halogens is 1. The fraction of sp³-hybridized carbons (Fsp3) is 0.611. The molecule has 1 N–H and O–H groups in total. The summed E-state index contributed by atoms with van der Waals surface area (Å²) in [6.45, 7) is 4.89. The van der Waals surface area contributed by atoms with Gasteiger partial charge in [-0.1, -0.05) is 23.7 Å². The maximum absolute atomic E-state index is 12.5. The molecule has 2 fully saturated rings. The number of hydrogen-bond donors (Lipinski definition) is 1. The molecule has 0 unspecified atom stereocenters. The molecule has 2 aliphatic rings. The van der Waals surface area contributed by atoms with Crippen LogP contribution >= 0.6 is 23.4 Å². The first-order valence-electron chi connectivity index (χ1n) is 9.52. The number of para-hydroxylation sites is 1. The lowest BCUT2D eigenvalue weighted by Crippen LogP contribution is -2.53. The van der Waals surface area contributed by atoms with Crippen LogP contribution in [0.3, 0.4) is 0 Å². The van der Waals surface area contributed by atoms with Gasteiger partial charge < -0.3 is 15.1 Å². The second-order valence-corrected chi connectivity index (χ2v) is 10.4. The van der Waals surface area contributed by atoms with E-state index in [2.05, 4.69) is 20.1 Å². The summed E-state index contributed by atoms with van der Waals surface area (Å²) < 4.78 is 26.5. The molecule has 0 atom stereocenters. The van der Waals surface area contributed by atoms with Gasteiger partial charge in [-0.05, 0) is 12.1 Å². The van der Waals surface area contributed by atoms with Crippen LogP contribution in [0, 0.1) is 0 Å². The molecule has 0 spiro atoms. The van der Waals surface area contributed by atoms with Crippen LogP contribution in [0.25, 0.3) is 0 Å². The van der Waals surface area contributed by atoms with Gasteiger partial charge >= 0.3 is 0 Å². The molecule has 0 saturated carbocycles. The van der Waals surface area contributed by atoms with E-state index in [1.807, 2.05) is 24.3 Å². The Morgan fingerprint density at radius 1 is 1.14 bits per heavy atom. The zero-order valence-corrected chi connectivity index (χ0v) is 18.6. The zero-order chi connectivity index (χ0) is 20.0. The summed E-state index contributed by atoms with van der Waals surface area (Å²) in [5, 5.41) is 3.98. The number of nitrogens with one attached hydrogen (secondary N) is 1. The molecule has 28 heavy (non-hydrogen) atoms. The van der Waals surface area contributed by atoms with Gasteiger partial charge in [-0.3, -0.25) is 4.99 Å². The van der Waals surface area contributed by atoms with Gasteiger partial charge in [-0.2, -0.15) is 11.8 Å². The Kier molecular flexibility index (Phi) is 7.73. The molecule has 2 heterocycles. The molecule has 2 aliphatic heterocycles. The van der Waals surface area contributed by atoms with Crippen LogP contribution in [0.4, 0.5) is 5.69 Å². The molecular formula is C18H28ClN5O2S2. The van der Waals surface area contributed by atoms with E-state index >= 15 is 0 Å². The third-order valence-corrected chi connectivity index (χ3v) is 8.12. The second kappa shape index (κ2) is 10.0. The normalized spacial score (nSPS) is 19.7. The molecule has 0 bridgehead atoms. The van der Waals surface area contributed by atoms with Crippen molar-refractivity contribution in [1.29, 1.82) is 0 Å². The van der Waals surface area contributed by atoms with Crippen molar-refractivity contribution < 1.29 is 8.42 Å². The van der Waals surface area contributed by atoms with Crippen molar-refractivity contribution >= 4 is 45.0 Å². The van der Waals surface area contributed by atoms with Gasteiger partial charge in [0.2, 0.25) is 10.0 Å². The molecule has 0 radical (unpaired) electrons. The van der Waals surface area contributed by atoms with Crippen LogP contribution in [-0.2, 0) is 10.0 Å². The number of anilines is 1. The van der Waals surface area contributed by atoms with E-state index in [0.29, 0.717) is 19.6 Å². The number of rotatable bonds is 5. The molecule has 1 aromatic carbocycles. The van der Waals surface area contributed by atoms with Crippen LogP contribution in [0.1, 0.15) is 0 Å². The van der Waals surface area contributed by atoms with Crippen molar-refractivity contribution in [2.45, 2.75) is 0 Å². The van der Waals surface area contributed by atoms with E-state index in [-0.39, 0.29) is 5.75 Å². The fourth-order valence-corrected chi connectivity index (χ4v) is 6.19. The highest BCUT2D eigenvalue weighted by atomic mass is 35.5. The summed E-state index contributed by atoms with van der Waals surface area (Å²) >= 11 is 8.11. The molecule has 1 aromatic rings. The minimum atomic E-state index is -3.21. The molecule has 2 saturated heterocycles. The minimum Gasteiger partial charge on any atom is -0.367 e. The van der Waals surface area contributed by atoms with E-state index in [1.165, 1.54) is 0 Å². The molecular weight excluding hydrogens is 418 g/mol. The highest BCUT2D eigenvalue weighted by Crippen LogP contribution is 2.26. The second-order valence-electron chi connectivity index (χ2n) is 6.73. The van der Waals surface area contributed by atoms with Crippen molar-refractivity contribution in [3.05, 3.63) is 29.3 Å². The molecule has 0 amide bonds. The average molecular weight is 446 g/mol. The van der Waals surface area contributed by atoms with Gasteiger partial charge in [0, 0.05) is 64.4 Å². The van der Waals surface area contributed by atoms with Gasteiger partial charge in [0.1, 0.15) is 0 Å². The number of thioether (sulfide) groups is 1. The lowest BCUT2D eigenvalue weighted by Gasteiger charge is -2.38. The van der Waals surface area contributed by atoms with E-state index in [9.17, 15) is 8.42 Å². The third-order valence-electron chi connectivity index (χ3n) is 4.99. The van der Waals surface area contributed by atoms with Crippen LogP contribution in [0.15, 0.2) is 29.3 Å². The fourth-order valence-electron chi connectivity index (χ4n) is 3.45. The van der Waals surface area contributed by atoms with E-state index < -0.39 is 10.0 Å². The zero-order valence-electron chi connectivity index (χ0n) is 16.2. The highest BCUT2D eigenvalue weighted by Gasteiger charge is 2.25. The minimum absolute atomic E-state index is 0.0935. The first kappa shape index (κ1) is 21.5. The van der Waals surface area contributed by atoms with Crippen LogP contribution in [-0.4, -0.2) is 93.7 Å². The summed E-state index contributed by atoms with van der Waals surface area (Å²) in [6, 6.07) is 7.88. The average Bonchev–Trinajstić information content (AvgIpc) is 2.72. The number of piperazine rings is 1. The molecule has 3 rings (SSSR count). The molecule has 156 valence electrons. The predicted molar refractivity (Wildman–Crippen MR) is 119 cm³/mol. The number of sulfonamides is 1. The Bertz CT molecular complexity index is 776. The largest absolute Gasteiger partial charge is 0.367 e. The third kappa shape index (κ3) is 5.46. The molecule has 7 nitrogen and oxygen atoms in total. The molecule has 0 aliphatic carbocycles. The number of benzene rings is 1. The Morgan fingerprint density at radius 3 is 2.46 bits per heavy atom. The Balaban J connectivity index is 1.48. The first-order chi connectivity index (χ1) is 13.5. The van der Waals surface area contributed by atoms with Crippen molar-refractivity contribution in [1.82, 2.24) is 14.5 Å². The number of hydrogen-bond acceptors (Lipinski definition) is 5. The van der Waals surface area contributed by atoms with E-state index in [1.54, 1.807) is 23.1 Å². The van der Waals surface area contributed by atoms with Crippen molar-refractivity contribution in [2.75, 3.05) is 75.0 Å². The quantitative estimate of drug-likeness (QED) is 0.546. The predicted octanol–water partition coefficient (Wildman–Crippen LogP) is 1.42. The summed E-state index contributed by atoms with van der Waals surface area (Å²) in [5.41, 5.74) is 1.05. The summed E-state index contributed by atoms with van der Waals surface area (Å²) in [7, 11) is -1.47. The van der Waals surface area contributed by atoms with E-state index in [4.69, 9.17) is 11.6 Å². The van der Waals surface area contributed by atoms with E-state index in [0.717, 1.165) is 54.4 Å². The summed E-state index contributed by atoms with van der Waals surface area (Å²) in [6.07, 6.45) is 0. The van der Waals surface area contributed by atoms with Gasteiger partial charge in [0.25, 0.3) is 0 Å². The lowest BCUT2D eigenvalue weighted by atomic mass is 10.2. The number of nitrogens with zero attached hydrogens (tertiary/aromatic N) is 4. The Morgan fingerprint density at radius 2 is 1.82 bits per heavy atom. The summed E-state index contributed by atoms with van der Waals surface area (Å²) in [4.78, 5) is 8.77. The lowest BCUT2D eigenvalue weighted by molar-refractivity contribution is 0.373. The maximum atomic E-state index is 12.5. The monoisotopic (exact) mass is 445 g/mol. The molecule has 10 heteroatoms. The maximum Gasteiger partial charge on any atom is 0.215 e. The first-order valence-corrected chi connectivity index (χ1v) is 12.7. The van der Waals surface area contributed by atoms with Gasteiger partial charge in [0.05, 0.1) is 16.5 Å².